The van der Waals surface area contributed by atoms with E-state index in [1.165, 1.54) is 0 Å². The third kappa shape index (κ3) is 3.84. The van der Waals surface area contributed by atoms with Crippen molar-refractivity contribution in [3.8, 4) is 0 Å². The van der Waals surface area contributed by atoms with Crippen LogP contribution in [0.1, 0.15) is 26.7 Å². The molecule has 1 aromatic carbocycles. The van der Waals surface area contributed by atoms with Crippen LogP contribution in [0.2, 0.25) is 0 Å². The third-order valence-corrected chi connectivity index (χ3v) is 3.00. The van der Waals surface area contributed by atoms with E-state index >= 15 is 0 Å². The molecule has 1 atom stereocenters. The lowest BCUT2D eigenvalue weighted by Gasteiger charge is -2.28. The molecule has 3 N–H and O–H groups in total. The maximum absolute atomic E-state index is 11.9. The normalized spacial score (nSPS) is 13.7. The van der Waals surface area contributed by atoms with Crippen molar-refractivity contribution in [3.63, 3.8) is 0 Å². The lowest BCUT2D eigenvalue weighted by atomic mass is 10.1. The molecule has 5 heteroatoms. The Morgan fingerprint density at radius 1 is 1.39 bits per heavy atom. The Kier molecular flexibility index (Phi) is 5.34. The average Bonchev–Trinajstić information content (AvgIpc) is 2.33. The molecule has 0 aromatic heterocycles. The minimum Gasteiger partial charge on any atom is -0.464 e. The van der Waals surface area contributed by atoms with Gasteiger partial charge < -0.3 is 15.8 Å². The second-order valence-electron chi connectivity index (χ2n) is 4.08. The van der Waals surface area contributed by atoms with Crippen LogP contribution in [0.4, 0.5) is 11.4 Å². The Morgan fingerprint density at radius 2 is 2.00 bits per heavy atom. The number of anilines is 2. The molecule has 0 bridgehead atoms. The van der Waals surface area contributed by atoms with Crippen LogP contribution in [0.3, 0.4) is 0 Å². The molecule has 1 rings (SSSR count). The minimum absolute atomic E-state index is 0.342. The lowest BCUT2D eigenvalue weighted by Crippen LogP contribution is -2.42. The Labute approximate surface area is 113 Å². The fraction of sp³-hybridized carbons (Fsp3) is 0.462. The summed E-state index contributed by atoms with van der Waals surface area (Å²) in [6.45, 7) is 4.12. The summed E-state index contributed by atoms with van der Waals surface area (Å²) in [6, 6.07) is 7.17. The molecular weight excluding hydrogens is 248 g/mol. The van der Waals surface area contributed by atoms with Crippen LogP contribution >= 0.6 is 12.6 Å². The van der Waals surface area contributed by atoms with Crippen molar-refractivity contribution >= 4 is 30.0 Å². The van der Waals surface area contributed by atoms with Crippen LogP contribution in [-0.2, 0) is 9.53 Å². The minimum atomic E-state index is -0.999. The van der Waals surface area contributed by atoms with Gasteiger partial charge in [0.2, 0.25) is 0 Å². The molecule has 1 unspecified atom stereocenters. The molecule has 0 saturated carbocycles. The number of nitrogen functional groups attached to an aromatic ring is 1. The third-order valence-electron chi connectivity index (χ3n) is 2.49. The smallest absolute Gasteiger partial charge is 0.342 e. The molecule has 0 spiro atoms. The predicted octanol–water partition coefficient (Wildman–Crippen LogP) is 2.67. The highest BCUT2D eigenvalue weighted by molar-refractivity contribution is 7.82. The zero-order chi connectivity index (χ0) is 13.6. The summed E-state index contributed by atoms with van der Waals surface area (Å²) in [6.07, 6.45) is 1.41. The number of hydrogen-bond donors (Lipinski definition) is 3. The number of benzene rings is 1. The Balaban J connectivity index is 2.84. The summed E-state index contributed by atoms with van der Waals surface area (Å²) in [5, 5.41) is 3.10. The molecule has 0 fully saturated rings. The van der Waals surface area contributed by atoms with Gasteiger partial charge in [0.1, 0.15) is 0 Å². The van der Waals surface area contributed by atoms with Gasteiger partial charge in [-0.3, -0.25) is 0 Å². The summed E-state index contributed by atoms with van der Waals surface area (Å²) in [7, 11) is 0. The van der Waals surface area contributed by atoms with Gasteiger partial charge in [-0.15, -0.1) is 12.6 Å². The Bertz CT molecular complexity index is 394. The molecule has 0 aliphatic carbocycles. The summed E-state index contributed by atoms with van der Waals surface area (Å²) in [5.41, 5.74) is 7.09. The molecule has 0 saturated heterocycles. The van der Waals surface area contributed by atoms with Gasteiger partial charge in [0.25, 0.3) is 0 Å². The molecule has 0 amide bonds. The molecule has 0 heterocycles. The topological polar surface area (TPSA) is 64.3 Å². The zero-order valence-electron chi connectivity index (χ0n) is 10.8. The van der Waals surface area contributed by atoms with E-state index in [4.69, 9.17) is 10.5 Å². The van der Waals surface area contributed by atoms with E-state index in [-0.39, 0.29) is 5.97 Å². The second-order valence-corrected chi connectivity index (χ2v) is 4.84. The Morgan fingerprint density at radius 3 is 2.50 bits per heavy atom. The molecule has 0 aliphatic rings. The second kappa shape index (κ2) is 6.54. The number of ether oxygens (including phenoxy) is 1. The van der Waals surface area contributed by atoms with E-state index in [1.54, 1.807) is 19.1 Å². The van der Waals surface area contributed by atoms with Crippen molar-refractivity contribution in [3.05, 3.63) is 24.3 Å². The fourth-order valence-corrected chi connectivity index (χ4v) is 2.05. The van der Waals surface area contributed by atoms with E-state index in [1.807, 2.05) is 19.1 Å². The zero-order valence-corrected chi connectivity index (χ0v) is 11.7. The first-order chi connectivity index (χ1) is 8.51. The number of esters is 1. The molecular formula is C13H20N2O2S. The summed E-state index contributed by atoms with van der Waals surface area (Å²) in [4.78, 5) is 10.9. The van der Waals surface area contributed by atoms with Gasteiger partial charge in [0.05, 0.1) is 6.61 Å². The van der Waals surface area contributed by atoms with Gasteiger partial charge in [-0.05, 0) is 37.6 Å². The van der Waals surface area contributed by atoms with Gasteiger partial charge in [0, 0.05) is 11.4 Å². The highest BCUT2D eigenvalue weighted by Crippen LogP contribution is 2.26. The first-order valence-electron chi connectivity index (χ1n) is 6.05. The average molecular weight is 268 g/mol. The number of carbonyl (C=O) groups is 1. The van der Waals surface area contributed by atoms with Crippen molar-refractivity contribution < 1.29 is 9.53 Å². The molecule has 0 aliphatic heterocycles. The molecule has 18 heavy (non-hydrogen) atoms. The molecule has 0 radical (unpaired) electrons. The highest BCUT2D eigenvalue weighted by atomic mass is 32.1. The van der Waals surface area contributed by atoms with E-state index in [0.717, 1.165) is 12.1 Å². The Hall–Kier alpha value is -1.36. The van der Waals surface area contributed by atoms with Crippen molar-refractivity contribution in [2.75, 3.05) is 17.7 Å². The molecule has 4 nitrogen and oxygen atoms in total. The van der Waals surface area contributed by atoms with E-state index < -0.39 is 4.87 Å². The van der Waals surface area contributed by atoms with E-state index in [2.05, 4.69) is 17.9 Å². The standard InChI is InChI=1S/C13H20N2O2S/c1-3-9-13(18,12(16)17-4-2)15-11-7-5-10(14)6-8-11/h5-8,15,18H,3-4,9,14H2,1-2H3. The fourth-order valence-electron chi connectivity index (χ4n) is 1.63. The first-order valence-corrected chi connectivity index (χ1v) is 6.50. The molecule has 1 aromatic rings. The van der Waals surface area contributed by atoms with Gasteiger partial charge in [-0.2, -0.15) is 0 Å². The lowest BCUT2D eigenvalue weighted by molar-refractivity contribution is -0.145. The van der Waals surface area contributed by atoms with Crippen LogP contribution in [0.5, 0.6) is 0 Å². The van der Waals surface area contributed by atoms with Gasteiger partial charge in [-0.1, -0.05) is 13.3 Å². The summed E-state index contributed by atoms with van der Waals surface area (Å²) in [5.74, 6) is -0.355. The number of carbonyl (C=O) groups excluding carboxylic acids is 1. The van der Waals surface area contributed by atoms with Crippen molar-refractivity contribution in [2.45, 2.75) is 31.6 Å². The number of nitrogens with two attached hydrogens (primary N) is 1. The van der Waals surface area contributed by atoms with Crippen LogP contribution in [0.15, 0.2) is 24.3 Å². The maximum Gasteiger partial charge on any atom is 0.342 e. The van der Waals surface area contributed by atoms with Crippen molar-refractivity contribution in [1.82, 2.24) is 0 Å². The van der Waals surface area contributed by atoms with Crippen LogP contribution in [0.25, 0.3) is 0 Å². The molecule has 100 valence electrons. The first kappa shape index (κ1) is 14.7. The number of thiol groups is 1. The van der Waals surface area contributed by atoms with E-state index in [9.17, 15) is 4.79 Å². The van der Waals surface area contributed by atoms with Crippen LogP contribution in [0, 0.1) is 0 Å². The number of hydrogen-bond acceptors (Lipinski definition) is 5. The predicted molar refractivity (Wildman–Crippen MR) is 77.7 cm³/mol. The summed E-state index contributed by atoms with van der Waals surface area (Å²) < 4.78 is 5.05. The SMILES string of the molecule is CCCC(S)(Nc1ccc(N)cc1)C(=O)OCC. The van der Waals surface area contributed by atoms with Crippen LogP contribution in [-0.4, -0.2) is 17.4 Å². The van der Waals surface area contributed by atoms with Crippen LogP contribution < -0.4 is 11.1 Å². The number of nitrogens with one attached hydrogen (secondary N) is 1. The summed E-state index contributed by atoms with van der Waals surface area (Å²) >= 11 is 4.45. The quantitative estimate of drug-likeness (QED) is 0.321. The van der Waals surface area contributed by atoms with Crippen molar-refractivity contribution in [1.29, 1.82) is 0 Å². The van der Waals surface area contributed by atoms with E-state index in [0.29, 0.717) is 18.7 Å². The maximum atomic E-state index is 11.9. The number of rotatable bonds is 6. The highest BCUT2D eigenvalue weighted by Gasteiger charge is 2.35. The largest absolute Gasteiger partial charge is 0.464 e. The van der Waals surface area contributed by atoms with Crippen molar-refractivity contribution in [2.24, 2.45) is 0 Å². The monoisotopic (exact) mass is 268 g/mol. The van der Waals surface area contributed by atoms with Gasteiger partial charge >= 0.3 is 5.97 Å². The van der Waals surface area contributed by atoms with Gasteiger partial charge in [-0.25, -0.2) is 4.79 Å². The van der Waals surface area contributed by atoms with Gasteiger partial charge in [0.15, 0.2) is 4.87 Å².